The number of likely N-dealkylation sites (N-methyl/N-ethyl adjacent to an activating group) is 1. The maximum atomic E-state index is 13.4. The van der Waals surface area contributed by atoms with E-state index in [1.54, 1.807) is 44.2 Å². The van der Waals surface area contributed by atoms with Crippen LogP contribution in [0.1, 0.15) is 43.1 Å². The molecule has 2 aromatic carbocycles. The molecule has 1 N–H and O–H groups in total. The topological polar surface area (TPSA) is 71.1 Å². The lowest BCUT2D eigenvalue weighted by atomic mass is 10.0. The average molecular weight is 482 g/mol. The predicted octanol–water partition coefficient (Wildman–Crippen LogP) is 4.08. The third kappa shape index (κ3) is 7.29. The van der Waals surface area contributed by atoms with Crippen molar-refractivity contribution < 1.29 is 19.1 Å². The van der Waals surface area contributed by atoms with Crippen molar-refractivity contribution in [2.75, 3.05) is 45.7 Å². The van der Waals surface area contributed by atoms with Crippen LogP contribution < -0.4 is 10.1 Å². The lowest BCUT2D eigenvalue weighted by molar-refractivity contribution is -0.115. The van der Waals surface area contributed by atoms with E-state index in [0.717, 1.165) is 19.5 Å². The zero-order valence-electron chi connectivity index (χ0n) is 21.6. The highest BCUT2D eigenvalue weighted by Crippen LogP contribution is 2.26. The van der Waals surface area contributed by atoms with E-state index < -0.39 is 0 Å². The molecular formula is C28H39N3O4. The van der Waals surface area contributed by atoms with Crippen LogP contribution in [0, 0.1) is 5.92 Å². The van der Waals surface area contributed by atoms with Gasteiger partial charge in [0.05, 0.1) is 11.7 Å². The van der Waals surface area contributed by atoms with Crippen molar-refractivity contribution in [2.45, 2.75) is 45.8 Å². The fraction of sp³-hybridized carbons (Fsp3) is 0.500. The summed E-state index contributed by atoms with van der Waals surface area (Å²) in [5.41, 5.74) is 2.33. The summed E-state index contributed by atoms with van der Waals surface area (Å²) in [4.78, 5) is 29.4. The molecule has 3 atom stereocenters. The number of carbonyl (C=O) groups is 2. The van der Waals surface area contributed by atoms with Crippen LogP contribution in [-0.4, -0.2) is 74.2 Å². The summed E-state index contributed by atoms with van der Waals surface area (Å²) >= 11 is 0. The van der Waals surface area contributed by atoms with Gasteiger partial charge in [0.2, 0.25) is 5.91 Å². The second-order valence-electron chi connectivity index (χ2n) is 9.44. The SMILES string of the molecule is CCC(=O)Nc1ccc2c(c1)C(=O)N(C)C[C@@H](OC)[C@H](C)CN(CCc1ccccc1)[C@@H](C)CO2. The number of nitrogens with one attached hydrogen (secondary N) is 1. The standard InChI is InChI=1S/C28H39N3O4/c1-6-27(32)29-23-12-13-25-24(16-23)28(33)30(4)18-26(34-5)20(2)17-31(21(3)19-35-25)15-14-22-10-8-7-9-11-22/h7-13,16,20-21,26H,6,14-15,17-19H2,1-5H3,(H,29,32)/t20-,21+,26-/m1/s1. The molecule has 0 bridgehead atoms. The number of fused-ring (bicyclic) bond motifs is 1. The molecule has 3 rings (SSSR count). The number of methoxy groups -OCH3 is 1. The highest BCUT2D eigenvalue weighted by Gasteiger charge is 2.28. The molecule has 2 aromatic rings. The molecule has 0 saturated carbocycles. The first-order chi connectivity index (χ1) is 16.8. The van der Waals surface area contributed by atoms with Crippen LogP contribution in [0.25, 0.3) is 0 Å². The second-order valence-corrected chi connectivity index (χ2v) is 9.44. The van der Waals surface area contributed by atoms with Gasteiger partial charge in [-0.05, 0) is 43.0 Å². The Morgan fingerprint density at radius 2 is 1.89 bits per heavy atom. The highest BCUT2D eigenvalue weighted by molar-refractivity contribution is 5.99. The Hall–Kier alpha value is -2.90. The second kappa shape index (κ2) is 12.7. The summed E-state index contributed by atoms with van der Waals surface area (Å²) in [6.45, 7) is 8.78. The van der Waals surface area contributed by atoms with Crippen molar-refractivity contribution in [3.8, 4) is 5.75 Å². The normalized spacial score (nSPS) is 21.9. The van der Waals surface area contributed by atoms with E-state index in [-0.39, 0.29) is 29.9 Å². The van der Waals surface area contributed by atoms with E-state index in [1.807, 2.05) is 6.07 Å². The quantitative estimate of drug-likeness (QED) is 0.673. The molecule has 0 fully saturated rings. The maximum absolute atomic E-state index is 13.4. The van der Waals surface area contributed by atoms with Gasteiger partial charge in [0.15, 0.2) is 0 Å². The van der Waals surface area contributed by atoms with Crippen molar-refractivity contribution in [3.05, 3.63) is 59.7 Å². The van der Waals surface area contributed by atoms with Gasteiger partial charge >= 0.3 is 0 Å². The highest BCUT2D eigenvalue weighted by atomic mass is 16.5. The summed E-state index contributed by atoms with van der Waals surface area (Å²) in [5.74, 6) is 0.475. The number of hydrogen-bond donors (Lipinski definition) is 1. The molecule has 1 aliphatic rings. The van der Waals surface area contributed by atoms with Gasteiger partial charge in [0.25, 0.3) is 5.91 Å². The van der Waals surface area contributed by atoms with Gasteiger partial charge in [-0.2, -0.15) is 0 Å². The lowest BCUT2D eigenvalue weighted by Crippen LogP contribution is -2.47. The molecule has 0 unspecified atom stereocenters. The number of nitrogens with zero attached hydrogens (tertiary/aromatic N) is 2. The molecule has 35 heavy (non-hydrogen) atoms. The molecular weight excluding hydrogens is 442 g/mol. The Bertz CT molecular complexity index is 981. The van der Waals surface area contributed by atoms with Crippen molar-refractivity contribution in [1.29, 1.82) is 0 Å². The van der Waals surface area contributed by atoms with Gasteiger partial charge in [0, 0.05) is 51.9 Å². The Morgan fingerprint density at radius 3 is 2.57 bits per heavy atom. The van der Waals surface area contributed by atoms with Crippen LogP contribution in [-0.2, 0) is 16.0 Å². The minimum absolute atomic E-state index is 0.101. The molecule has 0 spiro atoms. The van der Waals surface area contributed by atoms with Gasteiger partial charge in [-0.25, -0.2) is 0 Å². The molecule has 1 heterocycles. The third-order valence-electron chi connectivity index (χ3n) is 6.71. The summed E-state index contributed by atoms with van der Waals surface area (Å²) in [5, 5.41) is 2.84. The Kier molecular flexibility index (Phi) is 9.69. The first-order valence-electron chi connectivity index (χ1n) is 12.4. The fourth-order valence-corrected chi connectivity index (χ4v) is 4.41. The van der Waals surface area contributed by atoms with Crippen molar-refractivity contribution in [1.82, 2.24) is 9.80 Å². The maximum Gasteiger partial charge on any atom is 0.257 e. The van der Waals surface area contributed by atoms with Crippen LogP contribution in [0.4, 0.5) is 5.69 Å². The Balaban J connectivity index is 1.88. The van der Waals surface area contributed by atoms with E-state index in [9.17, 15) is 9.59 Å². The van der Waals surface area contributed by atoms with E-state index in [0.29, 0.717) is 36.6 Å². The summed E-state index contributed by atoms with van der Waals surface area (Å²) in [6, 6.07) is 15.9. The summed E-state index contributed by atoms with van der Waals surface area (Å²) in [6.07, 6.45) is 1.21. The molecule has 0 radical (unpaired) electrons. The zero-order valence-corrected chi connectivity index (χ0v) is 21.6. The number of ether oxygens (including phenoxy) is 2. The van der Waals surface area contributed by atoms with Crippen molar-refractivity contribution >= 4 is 17.5 Å². The Morgan fingerprint density at radius 1 is 1.14 bits per heavy atom. The first kappa shape index (κ1) is 26.7. The van der Waals surface area contributed by atoms with Gasteiger partial charge in [0.1, 0.15) is 12.4 Å². The van der Waals surface area contributed by atoms with Crippen molar-refractivity contribution in [2.24, 2.45) is 5.92 Å². The fourth-order valence-electron chi connectivity index (χ4n) is 4.41. The Labute approximate surface area is 209 Å². The minimum atomic E-state index is -0.156. The molecule has 7 nitrogen and oxygen atoms in total. The molecule has 7 heteroatoms. The van der Waals surface area contributed by atoms with Gasteiger partial charge in [-0.15, -0.1) is 0 Å². The molecule has 2 amide bonds. The number of anilines is 1. The van der Waals surface area contributed by atoms with Gasteiger partial charge in [-0.1, -0.05) is 44.2 Å². The molecule has 0 aromatic heterocycles. The lowest BCUT2D eigenvalue weighted by Gasteiger charge is -2.36. The predicted molar refractivity (Wildman–Crippen MR) is 139 cm³/mol. The average Bonchev–Trinajstić information content (AvgIpc) is 2.87. The van der Waals surface area contributed by atoms with E-state index in [2.05, 4.69) is 48.3 Å². The van der Waals surface area contributed by atoms with E-state index >= 15 is 0 Å². The zero-order chi connectivity index (χ0) is 25.4. The van der Waals surface area contributed by atoms with Crippen LogP contribution in [0.3, 0.4) is 0 Å². The smallest absolute Gasteiger partial charge is 0.257 e. The molecule has 0 saturated heterocycles. The first-order valence-corrected chi connectivity index (χ1v) is 12.4. The van der Waals surface area contributed by atoms with Crippen LogP contribution >= 0.6 is 0 Å². The van der Waals surface area contributed by atoms with Crippen LogP contribution in [0.5, 0.6) is 5.75 Å². The molecule has 1 aliphatic heterocycles. The van der Waals surface area contributed by atoms with Gasteiger partial charge < -0.3 is 19.7 Å². The summed E-state index contributed by atoms with van der Waals surface area (Å²) < 4.78 is 12.1. The largest absolute Gasteiger partial charge is 0.491 e. The van der Waals surface area contributed by atoms with E-state index in [4.69, 9.17) is 9.47 Å². The summed E-state index contributed by atoms with van der Waals surface area (Å²) in [7, 11) is 3.49. The monoisotopic (exact) mass is 481 g/mol. The number of benzene rings is 2. The van der Waals surface area contributed by atoms with E-state index in [1.165, 1.54) is 5.56 Å². The third-order valence-corrected chi connectivity index (χ3v) is 6.71. The number of carbonyl (C=O) groups excluding carboxylic acids is 2. The van der Waals surface area contributed by atoms with Crippen LogP contribution in [0.15, 0.2) is 48.5 Å². The van der Waals surface area contributed by atoms with Crippen molar-refractivity contribution in [3.63, 3.8) is 0 Å². The molecule has 0 aliphatic carbocycles. The van der Waals surface area contributed by atoms with Crippen LogP contribution in [0.2, 0.25) is 0 Å². The minimum Gasteiger partial charge on any atom is -0.491 e. The molecule has 190 valence electrons. The number of hydrogen-bond acceptors (Lipinski definition) is 5. The number of amides is 2. The number of rotatable bonds is 6. The van der Waals surface area contributed by atoms with Gasteiger partial charge in [-0.3, -0.25) is 14.5 Å².